The van der Waals surface area contributed by atoms with E-state index in [1.165, 1.54) is 48.8 Å². The predicted octanol–water partition coefficient (Wildman–Crippen LogP) is 5.89. The number of rotatable bonds is 15. The van der Waals surface area contributed by atoms with Crippen molar-refractivity contribution in [2.45, 2.75) is 64.9 Å². The molecule has 51 heavy (non-hydrogen) atoms. The number of fused-ring (bicyclic) bond motifs is 1. The van der Waals surface area contributed by atoms with E-state index in [9.17, 15) is 31.6 Å². The summed E-state index contributed by atoms with van der Waals surface area (Å²) in [6.45, 7) is 0.791. The molecule has 2 heterocycles. The Labute approximate surface area is 302 Å². The SMILES string of the molecule is CC(C)(C)OC(=O)CN(c1ccc2c(c1)oc(=O)n2CC(=O)OC(Cc1c(Cl)cncc1Cl)c1ccc(OC(F)F)c(OCC2CC2)c1)[SH](=O)=O. The Bertz CT molecular complexity index is 2030. The summed E-state index contributed by atoms with van der Waals surface area (Å²) < 4.78 is 79.0. The predicted molar refractivity (Wildman–Crippen MR) is 182 cm³/mol. The second-order valence-electron chi connectivity index (χ2n) is 12.6. The number of oxazole rings is 1. The number of esters is 2. The van der Waals surface area contributed by atoms with Crippen LogP contribution in [-0.4, -0.2) is 55.3 Å². The number of nitrogens with zero attached hydrogens (tertiary/aromatic N) is 3. The number of aromatic nitrogens is 2. The summed E-state index contributed by atoms with van der Waals surface area (Å²) in [6.07, 6.45) is 3.40. The number of carbonyl (C=O) groups is 2. The standard InChI is InChI=1S/C33H33Cl2F2N3O10S/c1-33(2,3)50-30(42)16-40(51(44)45)20-7-8-24-27(11-20)49-32(43)39(24)15-29(41)47-26(12-21-22(34)13-38-14-23(21)35)19-6-9-25(48-31(36)37)28(10-19)46-17-18-4-5-18/h6-11,13-14,18,26,31,51H,4-5,12,15-17H2,1-3H3. The first-order valence-electron chi connectivity index (χ1n) is 15.5. The summed E-state index contributed by atoms with van der Waals surface area (Å²) in [4.78, 5) is 42.7. The number of hydrogen-bond acceptors (Lipinski definition) is 11. The van der Waals surface area contributed by atoms with Crippen LogP contribution in [0.2, 0.25) is 10.0 Å². The molecule has 274 valence electrons. The van der Waals surface area contributed by atoms with Gasteiger partial charge in [0.15, 0.2) is 17.1 Å². The summed E-state index contributed by atoms with van der Waals surface area (Å²) in [6, 6.07) is 8.03. The van der Waals surface area contributed by atoms with E-state index in [0.717, 1.165) is 21.7 Å². The fourth-order valence-corrected chi connectivity index (χ4v) is 6.06. The molecule has 0 spiro atoms. The van der Waals surface area contributed by atoms with E-state index < -0.39 is 60.0 Å². The van der Waals surface area contributed by atoms with E-state index in [2.05, 4.69) is 9.72 Å². The van der Waals surface area contributed by atoms with Gasteiger partial charge < -0.3 is 23.4 Å². The molecule has 1 atom stereocenters. The summed E-state index contributed by atoms with van der Waals surface area (Å²) in [5.74, 6) is -2.57. The van der Waals surface area contributed by atoms with Crippen molar-refractivity contribution in [2.24, 2.45) is 5.92 Å². The Morgan fingerprint density at radius 1 is 1.06 bits per heavy atom. The minimum Gasteiger partial charge on any atom is -0.489 e. The van der Waals surface area contributed by atoms with Crippen molar-refractivity contribution in [1.29, 1.82) is 0 Å². The third kappa shape index (κ3) is 10.1. The van der Waals surface area contributed by atoms with Crippen molar-refractivity contribution in [3.63, 3.8) is 0 Å². The Kier molecular flexibility index (Phi) is 11.8. The van der Waals surface area contributed by atoms with Crippen LogP contribution in [0.5, 0.6) is 11.5 Å². The van der Waals surface area contributed by atoms with Gasteiger partial charge in [0.2, 0.25) is 10.9 Å². The van der Waals surface area contributed by atoms with Crippen LogP contribution >= 0.6 is 23.2 Å². The van der Waals surface area contributed by atoms with E-state index in [1.54, 1.807) is 20.8 Å². The summed E-state index contributed by atoms with van der Waals surface area (Å²) >= 11 is 12.7. The largest absolute Gasteiger partial charge is 0.489 e. The molecule has 0 radical (unpaired) electrons. The fourth-order valence-electron chi connectivity index (χ4n) is 5.00. The summed E-state index contributed by atoms with van der Waals surface area (Å²) in [5, 5.41) is 0.361. The van der Waals surface area contributed by atoms with Gasteiger partial charge in [-0.3, -0.25) is 23.4 Å². The van der Waals surface area contributed by atoms with Crippen LogP contribution in [-0.2, 0) is 42.9 Å². The Balaban J connectivity index is 1.42. The average Bonchev–Trinajstić information content (AvgIpc) is 3.82. The molecule has 13 nitrogen and oxygen atoms in total. The highest BCUT2D eigenvalue weighted by Crippen LogP contribution is 2.38. The van der Waals surface area contributed by atoms with E-state index in [4.69, 9.17) is 41.8 Å². The first kappa shape index (κ1) is 37.8. The van der Waals surface area contributed by atoms with Crippen LogP contribution < -0.4 is 19.5 Å². The highest BCUT2D eigenvalue weighted by molar-refractivity contribution is 7.74. The quantitative estimate of drug-likeness (QED) is 0.114. The number of benzene rings is 2. The second kappa shape index (κ2) is 15.9. The van der Waals surface area contributed by atoms with E-state index in [1.807, 2.05) is 0 Å². The van der Waals surface area contributed by atoms with E-state index in [0.29, 0.717) is 11.1 Å². The number of halogens is 4. The van der Waals surface area contributed by atoms with Crippen molar-refractivity contribution in [2.75, 3.05) is 17.5 Å². The Morgan fingerprint density at radius 2 is 1.76 bits per heavy atom. The molecule has 1 aliphatic rings. The third-order valence-electron chi connectivity index (χ3n) is 7.48. The zero-order chi connectivity index (χ0) is 37.0. The molecular weight excluding hydrogens is 739 g/mol. The molecule has 0 saturated heterocycles. The van der Waals surface area contributed by atoms with Gasteiger partial charge in [-0.25, -0.2) is 13.2 Å². The zero-order valence-electron chi connectivity index (χ0n) is 27.5. The second-order valence-corrected chi connectivity index (χ2v) is 14.4. The van der Waals surface area contributed by atoms with Gasteiger partial charge in [0, 0.05) is 24.9 Å². The molecule has 1 unspecified atom stereocenters. The van der Waals surface area contributed by atoms with Crippen LogP contribution in [0.3, 0.4) is 0 Å². The van der Waals surface area contributed by atoms with Gasteiger partial charge in [-0.1, -0.05) is 29.3 Å². The van der Waals surface area contributed by atoms with Crippen LogP contribution in [0.25, 0.3) is 11.1 Å². The fraction of sp³-hybridized carbons (Fsp3) is 0.394. The lowest BCUT2D eigenvalue weighted by molar-refractivity contribution is -0.153. The normalized spacial score (nSPS) is 13.7. The monoisotopic (exact) mass is 771 g/mol. The molecule has 0 bridgehead atoms. The number of carbonyl (C=O) groups excluding carboxylic acids is 2. The van der Waals surface area contributed by atoms with Gasteiger partial charge >= 0.3 is 24.3 Å². The maximum atomic E-state index is 13.5. The van der Waals surface area contributed by atoms with Crippen molar-refractivity contribution in [1.82, 2.24) is 9.55 Å². The van der Waals surface area contributed by atoms with Crippen molar-refractivity contribution in [3.8, 4) is 11.5 Å². The minimum atomic E-state index is -3.30. The number of pyridine rings is 1. The molecule has 2 aromatic carbocycles. The maximum absolute atomic E-state index is 13.5. The van der Waals surface area contributed by atoms with Gasteiger partial charge in [-0.2, -0.15) is 8.78 Å². The zero-order valence-corrected chi connectivity index (χ0v) is 29.9. The van der Waals surface area contributed by atoms with Gasteiger partial charge in [0.05, 0.1) is 27.9 Å². The van der Waals surface area contributed by atoms with Crippen molar-refractivity contribution >= 4 is 62.8 Å². The lowest BCUT2D eigenvalue weighted by Gasteiger charge is -2.22. The van der Waals surface area contributed by atoms with Crippen LogP contribution in [0.1, 0.15) is 50.8 Å². The van der Waals surface area contributed by atoms with Crippen molar-refractivity contribution in [3.05, 3.63) is 80.5 Å². The molecule has 1 fully saturated rings. The first-order valence-corrected chi connectivity index (χ1v) is 17.4. The highest BCUT2D eigenvalue weighted by atomic mass is 35.5. The molecular formula is C33H33Cl2F2N3O10S. The number of ether oxygens (including phenoxy) is 4. The van der Waals surface area contributed by atoms with Crippen molar-refractivity contribution < 1.29 is 50.2 Å². The van der Waals surface area contributed by atoms with Crippen LogP contribution in [0.15, 0.2) is 58.0 Å². The maximum Gasteiger partial charge on any atom is 0.420 e. The average molecular weight is 773 g/mol. The van der Waals surface area contributed by atoms with E-state index >= 15 is 0 Å². The molecule has 1 aliphatic carbocycles. The molecule has 1 saturated carbocycles. The highest BCUT2D eigenvalue weighted by Gasteiger charge is 2.27. The Morgan fingerprint density at radius 3 is 2.39 bits per heavy atom. The van der Waals surface area contributed by atoms with Crippen LogP contribution in [0.4, 0.5) is 14.5 Å². The molecule has 5 rings (SSSR count). The minimum absolute atomic E-state index is 0.0121. The molecule has 18 heteroatoms. The molecule has 4 aromatic rings. The van der Waals surface area contributed by atoms with Gasteiger partial charge in [0.25, 0.3) is 0 Å². The van der Waals surface area contributed by atoms with Gasteiger partial charge in [0.1, 0.15) is 24.8 Å². The first-order chi connectivity index (χ1) is 24.1. The van der Waals surface area contributed by atoms with Gasteiger partial charge in [-0.05, 0) is 74.9 Å². The topological polar surface area (TPSA) is 156 Å². The molecule has 0 N–H and O–H groups in total. The number of thiol groups is 1. The van der Waals surface area contributed by atoms with E-state index in [-0.39, 0.29) is 57.3 Å². The molecule has 0 amide bonds. The smallest absolute Gasteiger partial charge is 0.420 e. The third-order valence-corrected chi connectivity index (χ3v) is 8.89. The Hall–Kier alpha value is -4.41. The van der Waals surface area contributed by atoms with Crippen LogP contribution in [0, 0.1) is 5.92 Å². The number of hydrogen-bond donors (Lipinski definition) is 1. The molecule has 2 aromatic heterocycles. The summed E-state index contributed by atoms with van der Waals surface area (Å²) in [7, 11) is -3.30. The number of anilines is 1. The summed E-state index contributed by atoms with van der Waals surface area (Å²) in [5.41, 5.74) is -0.0850. The number of alkyl halides is 2. The molecule has 0 aliphatic heterocycles. The lowest BCUT2D eigenvalue weighted by atomic mass is 10.0. The lowest BCUT2D eigenvalue weighted by Crippen LogP contribution is -2.34. The van der Waals surface area contributed by atoms with Gasteiger partial charge in [-0.15, -0.1) is 0 Å².